The molecule has 0 aliphatic carbocycles. The summed E-state index contributed by atoms with van der Waals surface area (Å²) in [5.74, 6) is -0.0430. The molecule has 12 heteroatoms. The maximum atomic E-state index is 13.1. The number of pyridine rings is 2. The number of amides is 1. The lowest BCUT2D eigenvalue weighted by Crippen LogP contribution is -2.33. The van der Waals surface area contributed by atoms with Gasteiger partial charge in [-0.25, -0.2) is 9.97 Å². The number of nitrogen functional groups attached to an aromatic ring is 2. The normalized spacial score (nSPS) is 11.5. The van der Waals surface area contributed by atoms with Crippen LogP contribution < -0.4 is 31.2 Å². The SMILES string of the molecule is Cc1cc2nc3cc(C)c(CCCCCCCNC(=O)c4ccc(-c5ccc(C(=O)CCCCCCCNc6cc7c(cc6C)nc6cc(C)c(N)cc6[n+]7-c6ccccc6)cn5)nc4)cc3[n+](-c3ccccc3)c2cc1N. The predicted octanol–water partition coefficient (Wildman–Crippen LogP) is 13.1. The number of carbonyl (C=O) groups is 2. The van der Waals surface area contributed by atoms with Crippen LogP contribution >= 0.6 is 0 Å². The van der Waals surface area contributed by atoms with E-state index in [0.29, 0.717) is 35.5 Å². The van der Waals surface area contributed by atoms with E-state index in [1.165, 1.54) is 11.1 Å². The molecule has 6 N–H and O–H groups in total. The molecule has 10 rings (SSSR count). The van der Waals surface area contributed by atoms with E-state index in [1.54, 1.807) is 18.5 Å². The van der Waals surface area contributed by atoms with Crippen LogP contribution in [0.3, 0.4) is 0 Å². The Hall–Kier alpha value is -8.64. The van der Waals surface area contributed by atoms with Crippen LogP contribution in [0, 0.1) is 27.7 Å². The molecule has 0 aliphatic rings. The summed E-state index contributed by atoms with van der Waals surface area (Å²) in [5.41, 5.74) is 33.6. The Labute approximate surface area is 457 Å². The lowest BCUT2D eigenvalue weighted by atomic mass is 10.00. The standard InChI is InChI=1S/C66H68N10O2/c1-43-33-57-61(75(50-22-14-11-15-23-50)62-38-52(67)44(2)34-58(62)73-57)37-47(43)21-13-7-5-10-20-32-70-66(78)49-28-30-55(72-42-49)54-29-27-48(41-71-54)65(77)26-18-8-6-9-19-31-69-56-40-64-60(36-46(56)4)74-59-35-45(3)53(68)39-63(59)76(64)51-24-16-12-17-25-51/h11-12,14-17,22-25,27-30,33-42,67H,5-10,13,18-21,26,31-32H2,1-4H3,(H3,68,69,70,78)/p+2. The van der Waals surface area contributed by atoms with Gasteiger partial charge < -0.3 is 22.1 Å². The van der Waals surface area contributed by atoms with Gasteiger partial charge in [-0.2, -0.15) is 0 Å². The van der Waals surface area contributed by atoms with E-state index < -0.39 is 0 Å². The van der Waals surface area contributed by atoms with Crippen LogP contribution in [-0.4, -0.2) is 44.7 Å². The summed E-state index contributed by atoms with van der Waals surface area (Å²) >= 11 is 0. The minimum absolute atomic E-state index is 0.0947. The summed E-state index contributed by atoms with van der Waals surface area (Å²) in [6, 6.07) is 45.1. The van der Waals surface area contributed by atoms with Crippen molar-refractivity contribution in [1.29, 1.82) is 0 Å². The minimum Gasteiger partial charge on any atom is -0.398 e. The van der Waals surface area contributed by atoms with E-state index in [2.05, 4.69) is 129 Å². The maximum Gasteiger partial charge on any atom is 0.252 e. The van der Waals surface area contributed by atoms with Gasteiger partial charge in [-0.15, -0.1) is 9.13 Å². The number of fused-ring (bicyclic) bond motifs is 4. The summed E-state index contributed by atoms with van der Waals surface area (Å²) in [5, 5.41) is 6.74. The van der Waals surface area contributed by atoms with E-state index in [1.807, 2.05) is 56.3 Å². The molecule has 12 nitrogen and oxygen atoms in total. The number of hydrogen-bond donors (Lipinski definition) is 4. The Morgan fingerprint density at radius 2 is 0.949 bits per heavy atom. The Balaban J connectivity index is 0.622. The number of aryl methyl sites for hydroxylation is 5. The van der Waals surface area contributed by atoms with Crippen LogP contribution in [0.2, 0.25) is 0 Å². The zero-order valence-corrected chi connectivity index (χ0v) is 45.4. The van der Waals surface area contributed by atoms with Crippen molar-refractivity contribution in [2.75, 3.05) is 29.9 Å². The molecule has 4 aromatic heterocycles. The van der Waals surface area contributed by atoms with Crippen molar-refractivity contribution in [3.63, 3.8) is 0 Å². The molecule has 0 bridgehead atoms. The molecule has 10 aromatic rings. The van der Waals surface area contributed by atoms with E-state index in [-0.39, 0.29) is 11.7 Å². The minimum atomic E-state index is -0.138. The number of para-hydroxylation sites is 2. The average Bonchev–Trinajstić information content (AvgIpc) is 3.65. The molecule has 0 saturated heterocycles. The number of ketones is 1. The summed E-state index contributed by atoms with van der Waals surface area (Å²) < 4.78 is 4.53. The summed E-state index contributed by atoms with van der Waals surface area (Å²) in [6.45, 7) is 9.82. The number of Topliss-reactive ketones (excluding diaryl/α,β-unsaturated/α-hetero) is 1. The van der Waals surface area contributed by atoms with Gasteiger partial charge in [-0.05, 0) is 136 Å². The number of rotatable bonds is 22. The summed E-state index contributed by atoms with van der Waals surface area (Å²) in [6.07, 6.45) is 15.0. The van der Waals surface area contributed by atoms with Gasteiger partial charge in [0.05, 0.1) is 17.0 Å². The first-order valence-corrected chi connectivity index (χ1v) is 27.7. The molecule has 0 saturated carbocycles. The zero-order valence-electron chi connectivity index (χ0n) is 45.4. The highest BCUT2D eigenvalue weighted by molar-refractivity contribution is 5.96. The van der Waals surface area contributed by atoms with E-state index in [4.69, 9.17) is 21.4 Å². The van der Waals surface area contributed by atoms with E-state index in [0.717, 1.165) is 166 Å². The van der Waals surface area contributed by atoms with Gasteiger partial charge in [0.1, 0.15) is 22.1 Å². The Morgan fingerprint density at radius 3 is 1.51 bits per heavy atom. The Bertz CT molecular complexity index is 3540. The largest absolute Gasteiger partial charge is 0.398 e. The van der Waals surface area contributed by atoms with Gasteiger partial charge in [0.25, 0.3) is 5.91 Å². The number of carbonyl (C=O) groups excluding carboxylic acids is 2. The van der Waals surface area contributed by atoms with Crippen LogP contribution in [0.1, 0.15) is 119 Å². The number of nitrogens with two attached hydrogens (primary N) is 2. The van der Waals surface area contributed by atoms with Crippen molar-refractivity contribution in [2.45, 2.75) is 105 Å². The lowest BCUT2D eigenvalue weighted by Gasteiger charge is -2.12. The number of anilines is 3. The summed E-state index contributed by atoms with van der Waals surface area (Å²) in [4.78, 5) is 45.3. The second-order valence-electron chi connectivity index (χ2n) is 20.9. The molecule has 394 valence electrons. The molecular weight excluding hydrogens is 965 g/mol. The lowest BCUT2D eigenvalue weighted by molar-refractivity contribution is -0.538. The van der Waals surface area contributed by atoms with Crippen molar-refractivity contribution in [3.05, 3.63) is 185 Å². The van der Waals surface area contributed by atoms with Gasteiger partial charge in [-0.1, -0.05) is 74.9 Å². The van der Waals surface area contributed by atoms with Crippen LogP contribution in [-0.2, 0) is 6.42 Å². The van der Waals surface area contributed by atoms with Crippen molar-refractivity contribution in [2.24, 2.45) is 0 Å². The Kier molecular flexibility index (Phi) is 16.3. The fourth-order valence-corrected chi connectivity index (χ4v) is 10.5. The number of nitrogens with zero attached hydrogens (tertiary/aromatic N) is 6. The average molecular weight is 1040 g/mol. The molecule has 78 heavy (non-hydrogen) atoms. The van der Waals surface area contributed by atoms with Crippen LogP contribution in [0.4, 0.5) is 17.1 Å². The first-order chi connectivity index (χ1) is 38.0. The molecule has 4 heterocycles. The van der Waals surface area contributed by atoms with Gasteiger partial charge in [0.2, 0.25) is 33.4 Å². The van der Waals surface area contributed by atoms with Crippen LogP contribution in [0.5, 0.6) is 0 Å². The number of benzene rings is 6. The number of nitrogens with one attached hydrogen (secondary N) is 2. The van der Waals surface area contributed by atoms with Crippen molar-refractivity contribution in [3.8, 4) is 22.8 Å². The quantitative estimate of drug-likeness (QED) is 0.0170. The molecule has 0 radical (unpaired) electrons. The zero-order chi connectivity index (χ0) is 54.1. The van der Waals surface area contributed by atoms with Gasteiger partial charge in [0.15, 0.2) is 5.78 Å². The van der Waals surface area contributed by atoms with Crippen LogP contribution in [0.25, 0.3) is 66.9 Å². The van der Waals surface area contributed by atoms with Gasteiger partial charge in [0, 0.05) is 103 Å². The fraction of sp³-hybridized carbons (Fsp3) is 0.273. The highest BCUT2D eigenvalue weighted by Crippen LogP contribution is 2.28. The number of hydrogen-bond acceptors (Lipinski definition) is 9. The molecule has 6 aromatic carbocycles. The summed E-state index contributed by atoms with van der Waals surface area (Å²) in [7, 11) is 0. The Morgan fingerprint density at radius 1 is 0.474 bits per heavy atom. The predicted molar refractivity (Wildman–Crippen MR) is 316 cm³/mol. The van der Waals surface area contributed by atoms with Crippen molar-refractivity contribution < 1.29 is 18.7 Å². The third kappa shape index (κ3) is 12.0. The van der Waals surface area contributed by atoms with Gasteiger partial charge in [-0.3, -0.25) is 19.6 Å². The van der Waals surface area contributed by atoms with E-state index in [9.17, 15) is 9.59 Å². The fourth-order valence-electron chi connectivity index (χ4n) is 10.5. The third-order valence-electron chi connectivity index (χ3n) is 15.1. The first kappa shape index (κ1) is 52.8. The van der Waals surface area contributed by atoms with Crippen molar-refractivity contribution >= 4 is 72.9 Å². The molecule has 0 atom stereocenters. The molecular formula is C66H70N10O2+2. The highest BCUT2D eigenvalue weighted by Gasteiger charge is 2.24. The maximum absolute atomic E-state index is 13.1. The van der Waals surface area contributed by atoms with Gasteiger partial charge >= 0.3 is 0 Å². The van der Waals surface area contributed by atoms with Crippen molar-refractivity contribution in [1.82, 2.24) is 25.3 Å². The number of unbranched alkanes of at least 4 members (excludes halogenated alkanes) is 8. The second kappa shape index (κ2) is 24.1. The molecule has 0 aliphatic heterocycles. The van der Waals surface area contributed by atoms with Crippen LogP contribution in [0.15, 0.2) is 146 Å². The highest BCUT2D eigenvalue weighted by atomic mass is 16.1. The second-order valence-corrected chi connectivity index (χ2v) is 20.9. The topological polar surface area (TPSA) is 170 Å². The first-order valence-electron chi connectivity index (χ1n) is 27.7. The monoisotopic (exact) mass is 1030 g/mol. The third-order valence-corrected chi connectivity index (χ3v) is 15.1. The molecule has 0 unspecified atom stereocenters. The molecule has 1 amide bonds. The van der Waals surface area contributed by atoms with E-state index >= 15 is 0 Å². The molecule has 0 fully saturated rings. The molecule has 0 spiro atoms. The smallest absolute Gasteiger partial charge is 0.252 e. The number of aromatic nitrogens is 6.